The zero-order valence-electron chi connectivity index (χ0n) is 11.6. The van der Waals surface area contributed by atoms with Gasteiger partial charge in [0.15, 0.2) is 0 Å². The Balaban J connectivity index is 2.15. The van der Waals surface area contributed by atoms with Gasteiger partial charge in [-0.1, -0.05) is 12.1 Å². The topological polar surface area (TPSA) is 32.7 Å². The summed E-state index contributed by atoms with van der Waals surface area (Å²) < 4.78 is 19.7. The van der Waals surface area contributed by atoms with Gasteiger partial charge < -0.3 is 14.7 Å². The van der Waals surface area contributed by atoms with Gasteiger partial charge in [-0.3, -0.25) is 0 Å². The van der Waals surface area contributed by atoms with Gasteiger partial charge >= 0.3 is 0 Å². The molecule has 0 radical (unpaired) electrons. The van der Waals surface area contributed by atoms with Gasteiger partial charge in [0.2, 0.25) is 0 Å². The molecule has 106 valence electrons. The van der Waals surface area contributed by atoms with E-state index in [9.17, 15) is 9.50 Å². The molecule has 0 spiro atoms. The van der Waals surface area contributed by atoms with Crippen molar-refractivity contribution in [3.63, 3.8) is 0 Å². The highest BCUT2D eigenvalue weighted by atomic mass is 19.1. The van der Waals surface area contributed by atoms with Crippen molar-refractivity contribution < 1.29 is 14.2 Å². The van der Waals surface area contributed by atoms with Crippen LogP contribution in [0.2, 0.25) is 0 Å². The molecule has 19 heavy (non-hydrogen) atoms. The minimum absolute atomic E-state index is 0.153. The highest BCUT2D eigenvalue weighted by Gasteiger charge is 2.21. The van der Waals surface area contributed by atoms with Crippen LogP contribution in [-0.2, 0) is 4.74 Å². The van der Waals surface area contributed by atoms with Crippen LogP contribution in [0.4, 0.5) is 10.1 Å². The maximum absolute atomic E-state index is 14.0. The number of ether oxygens (including phenoxy) is 1. The van der Waals surface area contributed by atoms with Gasteiger partial charge in [0.05, 0.1) is 17.9 Å². The van der Waals surface area contributed by atoms with Crippen molar-refractivity contribution in [3.8, 4) is 0 Å². The summed E-state index contributed by atoms with van der Waals surface area (Å²) in [6.45, 7) is 3.10. The molecule has 3 nitrogen and oxygen atoms in total. The van der Waals surface area contributed by atoms with Crippen LogP contribution < -0.4 is 4.90 Å². The third-order valence-electron chi connectivity index (χ3n) is 3.60. The minimum atomic E-state index is -0.680. The van der Waals surface area contributed by atoms with Gasteiger partial charge in [0.25, 0.3) is 0 Å². The van der Waals surface area contributed by atoms with Gasteiger partial charge in [0, 0.05) is 25.8 Å². The van der Waals surface area contributed by atoms with E-state index in [0.29, 0.717) is 17.8 Å². The predicted molar refractivity (Wildman–Crippen MR) is 73.9 cm³/mol. The SMILES string of the molecule is CC(O)c1cccc(F)c1N(C)CC1CCCCO1. The summed E-state index contributed by atoms with van der Waals surface area (Å²) in [6, 6.07) is 4.83. The van der Waals surface area contributed by atoms with E-state index < -0.39 is 6.10 Å². The number of aliphatic hydroxyl groups excluding tert-OH is 1. The molecule has 2 unspecified atom stereocenters. The molecule has 1 heterocycles. The number of hydrogen-bond donors (Lipinski definition) is 1. The number of likely N-dealkylation sites (N-methyl/N-ethyl adjacent to an activating group) is 1. The van der Waals surface area contributed by atoms with Crippen molar-refractivity contribution in [2.24, 2.45) is 0 Å². The largest absolute Gasteiger partial charge is 0.389 e. The number of rotatable bonds is 4. The second-order valence-electron chi connectivity index (χ2n) is 5.22. The van der Waals surface area contributed by atoms with Crippen LogP contribution in [0.3, 0.4) is 0 Å². The van der Waals surface area contributed by atoms with Crippen LogP contribution >= 0.6 is 0 Å². The van der Waals surface area contributed by atoms with Crippen LogP contribution in [0.1, 0.15) is 37.9 Å². The highest BCUT2D eigenvalue weighted by Crippen LogP contribution is 2.29. The first-order valence-corrected chi connectivity index (χ1v) is 6.89. The average Bonchev–Trinajstić information content (AvgIpc) is 2.39. The Kier molecular flexibility index (Phi) is 4.77. The average molecular weight is 267 g/mol. The number of para-hydroxylation sites is 1. The van der Waals surface area contributed by atoms with Crippen molar-refractivity contribution in [1.29, 1.82) is 0 Å². The molecule has 2 atom stereocenters. The van der Waals surface area contributed by atoms with Crippen LogP contribution in [0.15, 0.2) is 18.2 Å². The van der Waals surface area contributed by atoms with Crippen molar-refractivity contribution in [2.45, 2.75) is 38.4 Å². The fraction of sp³-hybridized carbons (Fsp3) is 0.600. The lowest BCUT2D eigenvalue weighted by Crippen LogP contribution is -2.34. The second kappa shape index (κ2) is 6.35. The van der Waals surface area contributed by atoms with E-state index in [-0.39, 0.29) is 11.9 Å². The standard InChI is InChI=1S/C15H22FNO2/c1-11(18)13-7-5-8-14(16)15(13)17(2)10-12-6-3-4-9-19-12/h5,7-8,11-12,18H,3-4,6,9-10H2,1-2H3. The number of hydrogen-bond acceptors (Lipinski definition) is 3. The zero-order valence-corrected chi connectivity index (χ0v) is 11.6. The van der Waals surface area contributed by atoms with Gasteiger partial charge in [-0.2, -0.15) is 0 Å². The van der Waals surface area contributed by atoms with Gasteiger partial charge in [0.1, 0.15) is 5.82 Å². The molecule has 4 heteroatoms. The van der Waals surface area contributed by atoms with Gasteiger partial charge in [-0.15, -0.1) is 0 Å². The predicted octanol–water partition coefficient (Wildman–Crippen LogP) is 2.88. The van der Waals surface area contributed by atoms with E-state index in [1.165, 1.54) is 12.5 Å². The lowest BCUT2D eigenvalue weighted by molar-refractivity contribution is 0.0215. The molecule has 1 aromatic carbocycles. The molecule has 1 N–H and O–H groups in total. The molecule has 1 saturated heterocycles. The molecule has 2 rings (SSSR count). The minimum Gasteiger partial charge on any atom is -0.389 e. The Hall–Kier alpha value is -1.13. The fourth-order valence-corrected chi connectivity index (χ4v) is 2.62. The molecule has 0 aliphatic carbocycles. The van der Waals surface area contributed by atoms with Crippen molar-refractivity contribution in [3.05, 3.63) is 29.6 Å². The normalized spacial score (nSPS) is 21.2. The lowest BCUT2D eigenvalue weighted by atomic mass is 10.1. The van der Waals surface area contributed by atoms with Gasteiger partial charge in [-0.25, -0.2) is 4.39 Å². The third kappa shape index (κ3) is 3.45. The molecule has 1 aliphatic rings. The summed E-state index contributed by atoms with van der Waals surface area (Å²) in [6.07, 6.45) is 2.77. The van der Waals surface area contributed by atoms with Crippen LogP contribution in [0.5, 0.6) is 0 Å². The zero-order chi connectivity index (χ0) is 13.8. The van der Waals surface area contributed by atoms with Crippen molar-refractivity contribution >= 4 is 5.69 Å². The Bertz CT molecular complexity index is 417. The number of anilines is 1. The summed E-state index contributed by atoms with van der Waals surface area (Å²) in [7, 11) is 1.85. The summed E-state index contributed by atoms with van der Waals surface area (Å²) >= 11 is 0. The molecule has 0 saturated carbocycles. The molecule has 0 aromatic heterocycles. The molecule has 1 fully saturated rings. The van der Waals surface area contributed by atoms with Crippen molar-refractivity contribution in [1.82, 2.24) is 0 Å². The van der Waals surface area contributed by atoms with Crippen molar-refractivity contribution in [2.75, 3.05) is 25.1 Å². The van der Waals surface area contributed by atoms with E-state index in [4.69, 9.17) is 4.74 Å². The van der Waals surface area contributed by atoms with E-state index in [0.717, 1.165) is 19.4 Å². The maximum Gasteiger partial charge on any atom is 0.146 e. The van der Waals surface area contributed by atoms with E-state index >= 15 is 0 Å². The third-order valence-corrected chi connectivity index (χ3v) is 3.60. The Labute approximate surface area is 114 Å². The molecule has 1 aromatic rings. The number of nitrogens with zero attached hydrogens (tertiary/aromatic N) is 1. The first-order valence-electron chi connectivity index (χ1n) is 6.89. The van der Waals surface area contributed by atoms with E-state index in [1.807, 2.05) is 11.9 Å². The quantitative estimate of drug-likeness (QED) is 0.910. The molecule has 0 amide bonds. The monoisotopic (exact) mass is 267 g/mol. The summed E-state index contributed by atoms with van der Waals surface area (Å²) in [5.41, 5.74) is 1.10. The molecule has 1 aliphatic heterocycles. The molecular formula is C15H22FNO2. The fourth-order valence-electron chi connectivity index (χ4n) is 2.62. The summed E-state index contributed by atoms with van der Waals surface area (Å²) in [4.78, 5) is 1.85. The summed E-state index contributed by atoms with van der Waals surface area (Å²) in [5, 5.41) is 9.76. The Morgan fingerprint density at radius 3 is 2.89 bits per heavy atom. The molecule has 0 bridgehead atoms. The maximum atomic E-state index is 14.0. The number of aliphatic hydroxyl groups is 1. The van der Waals surface area contributed by atoms with Crippen LogP contribution in [0.25, 0.3) is 0 Å². The van der Waals surface area contributed by atoms with Gasteiger partial charge in [-0.05, 0) is 32.3 Å². The number of benzene rings is 1. The van der Waals surface area contributed by atoms with Crippen LogP contribution in [-0.4, -0.2) is 31.4 Å². The Morgan fingerprint density at radius 2 is 2.26 bits per heavy atom. The molecular weight excluding hydrogens is 245 g/mol. The first-order chi connectivity index (χ1) is 9.09. The first kappa shape index (κ1) is 14.3. The van der Waals surface area contributed by atoms with E-state index in [1.54, 1.807) is 19.1 Å². The second-order valence-corrected chi connectivity index (χ2v) is 5.22. The highest BCUT2D eigenvalue weighted by molar-refractivity contribution is 5.55. The smallest absolute Gasteiger partial charge is 0.146 e. The Morgan fingerprint density at radius 1 is 1.47 bits per heavy atom. The number of halogens is 1. The van der Waals surface area contributed by atoms with Crippen LogP contribution in [0, 0.1) is 5.82 Å². The van der Waals surface area contributed by atoms with E-state index in [2.05, 4.69) is 0 Å². The summed E-state index contributed by atoms with van der Waals surface area (Å²) in [5.74, 6) is -0.295. The lowest BCUT2D eigenvalue weighted by Gasteiger charge is -2.30.